The molecule has 0 aromatic carbocycles. The molecule has 0 heterocycles. The highest BCUT2D eigenvalue weighted by Gasteiger charge is 2.17. The summed E-state index contributed by atoms with van der Waals surface area (Å²) in [7, 11) is 0. The zero-order chi connectivity index (χ0) is 10.5. The van der Waals surface area contributed by atoms with E-state index in [0.717, 1.165) is 0 Å². The second kappa shape index (κ2) is 5.04. The zero-order valence-electron chi connectivity index (χ0n) is 8.33. The summed E-state index contributed by atoms with van der Waals surface area (Å²) < 4.78 is 4.80. The average Bonchev–Trinajstić information content (AvgIpc) is 1.96. The van der Waals surface area contributed by atoms with Crippen molar-refractivity contribution in [2.45, 2.75) is 32.4 Å². The van der Waals surface area contributed by atoms with E-state index < -0.39 is 12.2 Å². The number of alkyl carbamates (subject to hydrolysis) is 1. The summed E-state index contributed by atoms with van der Waals surface area (Å²) in [5.41, 5.74) is 4.89. The van der Waals surface area contributed by atoms with E-state index in [0.29, 0.717) is 0 Å². The number of rotatable bonds is 3. The number of hydrogen-bond acceptors (Lipinski definition) is 4. The molecule has 0 aliphatic rings. The fraction of sp³-hybridized carbons (Fsp3) is 0.875. The molecule has 0 bridgehead atoms. The van der Waals surface area contributed by atoms with Crippen molar-refractivity contribution < 1.29 is 14.6 Å². The Bertz CT molecular complexity index is 161. The van der Waals surface area contributed by atoms with Crippen LogP contribution in [-0.4, -0.2) is 36.0 Å². The van der Waals surface area contributed by atoms with Crippen molar-refractivity contribution in [1.29, 1.82) is 0 Å². The maximum atomic E-state index is 11.1. The molecule has 0 aliphatic heterocycles. The molecule has 0 aliphatic carbocycles. The molecule has 0 radical (unpaired) electrons. The van der Waals surface area contributed by atoms with E-state index in [2.05, 4.69) is 5.32 Å². The van der Waals surface area contributed by atoms with Crippen LogP contribution in [0.25, 0.3) is 0 Å². The van der Waals surface area contributed by atoms with Crippen molar-refractivity contribution in [2.24, 2.45) is 5.73 Å². The largest absolute Gasteiger partial charge is 0.442 e. The fourth-order valence-corrected chi connectivity index (χ4v) is 0.647. The van der Waals surface area contributed by atoms with E-state index in [-0.39, 0.29) is 18.7 Å². The highest BCUT2D eigenvalue weighted by molar-refractivity contribution is 5.68. The van der Waals surface area contributed by atoms with Crippen LogP contribution in [0.4, 0.5) is 4.79 Å². The summed E-state index contributed by atoms with van der Waals surface area (Å²) in [4.78, 5) is 11.1. The number of nitrogens with one attached hydrogen (secondary N) is 1. The second-order valence-corrected chi connectivity index (χ2v) is 3.82. The molecule has 0 aromatic heterocycles. The summed E-state index contributed by atoms with van der Waals surface area (Å²) >= 11 is 0. The lowest BCUT2D eigenvalue weighted by molar-refractivity contribution is 0.0582. The first kappa shape index (κ1) is 12.2. The predicted octanol–water partition coefficient (Wildman–Crippen LogP) is -0.169. The van der Waals surface area contributed by atoms with Crippen LogP contribution in [-0.2, 0) is 4.74 Å². The van der Waals surface area contributed by atoms with Crippen molar-refractivity contribution in [3.8, 4) is 0 Å². The lowest BCUT2D eigenvalue weighted by atomic mass is 10.1. The Balaban J connectivity index is 3.86. The van der Waals surface area contributed by atoms with E-state index in [1.165, 1.54) is 0 Å². The van der Waals surface area contributed by atoms with Gasteiger partial charge in [-0.05, 0) is 20.8 Å². The van der Waals surface area contributed by atoms with Crippen LogP contribution < -0.4 is 11.1 Å². The van der Waals surface area contributed by atoms with Crippen LogP contribution in [0.2, 0.25) is 0 Å². The zero-order valence-corrected chi connectivity index (χ0v) is 8.33. The molecule has 13 heavy (non-hydrogen) atoms. The molecule has 0 fully saturated rings. The Morgan fingerprint density at radius 2 is 2.15 bits per heavy atom. The third-order valence-corrected chi connectivity index (χ3v) is 1.22. The Morgan fingerprint density at radius 1 is 1.62 bits per heavy atom. The van der Waals surface area contributed by atoms with Gasteiger partial charge in [0.25, 0.3) is 0 Å². The van der Waals surface area contributed by atoms with Gasteiger partial charge in [0.15, 0.2) is 0 Å². The minimum absolute atomic E-state index is 0.119. The van der Waals surface area contributed by atoms with Gasteiger partial charge in [0.2, 0.25) is 0 Å². The third kappa shape index (κ3) is 6.36. The van der Waals surface area contributed by atoms with Gasteiger partial charge in [0, 0.05) is 12.1 Å². The summed E-state index contributed by atoms with van der Waals surface area (Å²) in [5, 5.41) is 11.3. The van der Waals surface area contributed by atoms with Crippen LogP contribution in [0.1, 0.15) is 20.8 Å². The minimum atomic E-state index is -0.623. The molecule has 0 saturated heterocycles. The summed E-state index contributed by atoms with van der Waals surface area (Å²) in [6, 6.07) is 0. The summed E-state index contributed by atoms with van der Waals surface area (Å²) in [6.45, 7) is 5.38. The molecule has 0 rings (SSSR count). The smallest absolute Gasteiger partial charge is 0.407 e. The topological polar surface area (TPSA) is 84.6 Å². The van der Waals surface area contributed by atoms with Crippen molar-refractivity contribution in [3.63, 3.8) is 0 Å². The van der Waals surface area contributed by atoms with Gasteiger partial charge in [-0.2, -0.15) is 0 Å². The van der Waals surface area contributed by atoms with Crippen LogP contribution in [0.15, 0.2) is 0 Å². The Labute approximate surface area is 78.3 Å². The maximum absolute atomic E-state index is 11.1. The van der Waals surface area contributed by atoms with Gasteiger partial charge in [-0.15, -0.1) is 0 Å². The predicted molar refractivity (Wildman–Crippen MR) is 49.3 cm³/mol. The second-order valence-electron chi connectivity index (χ2n) is 3.82. The Kier molecular flexibility index (Phi) is 4.72. The summed E-state index contributed by atoms with van der Waals surface area (Å²) in [6.07, 6.45) is -1.18. The van der Waals surface area contributed by atoms with Crippen molar-refractivity contribution in [2.75, 3.05) is 13.2 Å². The van der Waals surface area contributed by atoms with Crippen LogP contribution >= 0.6 is 0 Å². The van der Waals surface area contributed by atoms with Gasteiger partial charge in [0.05, 0.1) is 6.61 Å². The van der Waals surface area contributed by atoms with Crippen molar-refractivity contribution >= 4 is 6.09 Å². The monoisotopic (exact) mass is 190 g/mol. The van der Waals surface area contributed by atoms with Crippen LogP contribution in [0, 0.1) is 0 Å². The molecule has 5 nitrogen and oxygen atoms in total. The molecular weight excluding hydrogens is 172 g/mol. The first-order valence-corrected chi connectivity index (χ1v) is 4.18. The van der Waals surface area contributed by atoms with Gasteiger partial charge in [0.1, 0.15) is 6.10 Å². The molecule has 0 aromatic rings. The normalized spacial score (nSPS) is 13.6. The third-order valence-electron chi connectivity index (χ3n) is 1.22. The minimum Gasteiger partial charge on any atom is -0.442 e. The molecule has 78 valence electrons. The van der Waals surface area contributed by atoms with E-state index in [4.69, 9.17) is 15.6 Å². The number of carbonyl (C=O) groups excluding carboxylic acids is 1. The van der Waals surface area contributed by atoms with E-state index in [9.17, 15) is 4.79 Å². The lowest BCUT2D eigenvalue weighted by Gasteiger charge is -2.22. The van der Waals surface area contributed by atoms with Crippen molar-refractivity contribution in [3.05, 3.63) is 0 Å². The number of carbonyl (C=O) groups is 1. The molecule has 0 unspecified atom stereocenters. The number of aliphatic hydroxyl groups excluding tert-OH is 1. The Hall–Kier alpha value is -0.810. The van der Waals surface area contributed by atoms with Crippen LogP contribution in [0.5, 0.6) is 0 Å². The Morgan fingerprint density at radius 3 is 2.46 bits per heavy atom. The quantitative estimate of drug-likeness (QED) is 0.577. The van der Waals surface area contributed by atoms with Crippen LogP contribution in [0.3, 0.4) is 0 Å². The highest BCUT2D eigenvalue weighted by Crippen LogP contribution is 2.00. The first-order valence-electron chi connectivity index (χ1n) is 4.18. The molecule has 0 spiro atoms. The molecule has 1 amide bonds. The van der Waals surface area contributed by atoms with E-state index in [1.807, 2.05) is 20.8 Å². The average molecular weight is 190 g/mol. The van der Waals surface area contributed by atoms with Gasteiger partial charge >= 0.3 is 6.09 Å². The number of ether oxygens (including phenoxy) is 1. The lowest BCUT2D eigenvalue weighted by Crippen LogP contribution is -2.44. The van der Waals surface area contributed by atoms with E-state index >= 15 is 0 Å². The molecule has 1 atom stereocenters. The molecule has 4 N–H and O–H groups in total. The number of hydrogen-bond donors (Lipinski definition) is 3. The van der Waals surface area contributed by atoms with Crippen molar-refractivity contribution in [1.82, 2.24) is 5.32 Å². The molecule has 0 saturated carbocycles. The standard InChI is InChI=1S/C8H18N2O3/c1-8(2,3)10-7(12)13-6(4-9)5-11/h6,11H,4-5,9H2,1-3H3,(H,10,12)/t6-/m0/s1. The highest BCUT2D eigenvalue weighted by atomic mass is 16.6. The van der Waals surface area contributed by atoms with Gasteiger partial charge < -0.3 is 20.9 Å². The fourth-order valence-electron chi connectivity index (χ4n) is 0.647. The summed E-state index contributed by atoms with van der Waals surface area (Å²) in [5.74, 6) is 0. The van der Waals surface area contributed by atoms with Gasteiger partial charge in [-0.25, -0.2) is 4.79 Å². The maximum Gasteiger partial charge on any atom is 0.407 e. The van der Waals surface area contributed by atoms with Gasteiger partial charge in [-0.1, -0.05) is 0 Å². The van der Waals surface area contributed by atoms with Gasteiger partial charge in [-0.3, -0.25) is 0 Å². The number of aliphatic hydroxyl groups is 1. The number of amides is 1. The van der Waals surface area contributed by atoms with E-state index in [1.54, 1.807) is 0 Å². The number of nitrogens with two attached hydrogens (primary N) is 1. The first-order chi connectivity index (χ1) is 5.89. The SMILES string of the molecule is CC(C)(C)NC(=O)O[C@@H](CN)CO. The molecule has 5 heteroatoms. The molecular formula is C8H18N2O3.